The van der Waals surface area contributed by atoms with Crippen LogP contribution in [0, 0.1) is 0 Å². The van der Waals surface area contributed by atoms with Gasteiger partial charge < -0.3 is 10.6 Å². The molecule has 3 rings (SSSR count). The topological polar surface area (TPSA) is 24.1 Å². The lowest BCUT2D eigenvalue weighted by Gasteiger charge is -2.18. The summed E-state index contributed by atoms with van der Waals surface area (Å²) in [5.74, 6) is -1.86. The molecule has 0 aromatic heterocycles. The lowest BCUT2D eigenvalue weighted by molar-refractivity contribution is -0.139. The molecule has 2 aromatic rings. The summed E-state index contributed by atoms with van der Waals surface area (Å²) in [6.45, 7) is 2.70. The molecule has 9 heteroatoms. The molecule has 2 unspecified atom stereocenters. The van der Waals surface area contributed by atoms with Crippen molar-refractivity contribution >= 4 is 58.2 Å². The lowest BCUT2D eigenvalue weighted by atomic mass is 9.96. The average Bonchev–Trinajstić information content (AvgIpc) is 3.07. The number of thiocarbonyl (C=S) groups is 1. The number of hydrogen-bond acceptors (Lipinski definition) is 1. The van der Waals surface area contributed by atoms with Crippen molar-refractivity contribution in [1.29, 1.82) is 0 Å². The fraction of sp³-hybridized carbons (Fsp3) is 0.318. The van der Waals surface area contributed by atoms with E-state index in [0.717, 1.165) is 36.6 Å². The summed E-state index contributed by atoms with van der Waals surface area (Å²) in [4.78, 5) is 0. The Hall–Kier alpha value is -1.47. The number of halogens is 6. The van der Waals surface area contributed by atoms with E-state index in [-0.39, 0.29) is 26.7 Å². The highest BCUT2D eigenvalue weighted by Gasteiger charge is 2.39. The zero-order valence-electron chi connectivity index (χ0n) is 16.5. The first-order valence-electron chi connectivity index (χ1n) is 9.66. The van der Waals surface area contributed by atoms with Crippen molar-refractivity contribution in [1.82, 2.24) is 10.6 Å². The van der Waals surface area contributed by atoms with E-state index in [0.29, 0.717) is 10.7 Å². The van der Waals surface area contributed by atoms with Gasteiger partial charge in [-0.3, -0.25) is 0 Å². The summed E-state index contributed by atoms with van der Waals surface area (Å²) >= 11 is 23.0. The van der Waals surface area contributed by atoms with Crippen molar-refractivity contribution in [2.24, 2.45) is 0 Å². The maximum atomic E-state index is 13.7. The van der Waals surface area contributed by atoms with Gasteiger partial charge in [-0.1, -0.05) is 65.2 Å². The average molecular weight is 508 g/mol. The first-order chi connectivity index (χ1) is 14.6. The van der Waals surface area contributed by atoms with Crippen molar-refractivity contribution in [2.45, 2.75) is 37.9 Å². The van der Waals surface area contributed by atoms with Gasteiger partial charge in [0.05, 0.1) is 27.0 Å². The van der Waals surface area contributed by atoms with Crippen molar-refractivity contribution in [2.75, 3.05) is 6.54 Å². The summed E-state index contributed by atoms with van der Waals surface area (Å²) < 4.78 is 41.2. The molecule has 1 aliphatic rings. The van der Waals surface area contributed by atoms with E-state index in [9.17, 15) is 13.2 Å². The molecule has 2 N–H and O–H groups in total. The Bertz CT molecular complexity index is 985. The van der Waals surface area contributed by atoms with Crippen molar-refractivity contribution in [3.05, 3.63) is 73.7 Å². The van der Waals surface area contributed by atoms with Crippen molar-refractivity contribution < 1.29 is 13.2 Å². The second-order valence-electron chi connectivity index (χ2n) is 7.23. The quantitative estimate of drug-likeness (QED) is 0.324. The van der Waals surface area contributed by atoms with E-state index in [1.54, 1.807) is 6.07 Å². The van der Waals surface area contributed by atoms with Crippen LogP contribution in [0.1, 0.15) is 47.6 Å². The first kappa shape index (κ1) is 24.2. The van der Waals surface area contributed by atoms with Crippen LogP contribution >= 0.6 is 47.0 Å². The highest BCUT2D eigenvalue weighted by molar-refractivity contribution is 7.80. The molecule has 0 radical (unpaired) electrons. The number of hydrogen-bond donors (Lipinski definition) is 2. The van der Waals surface area contributed by atoms with Crippen LogP contribution in [0.4, 0.5) is 13.2 Å². The molecule has 2 nitrogen and oxygen atoms in total. The predicted molar refractivity (Wildman–Crippen MR) is 126 cm³/mol. The Morgan fingerprint density at radius 2 is 1.87 bits per heavy atom. The van der Waals surface area contributed by atoms with E-state index in [2.05, 4.69) is 10.6 Å². The SMILES string of the molecule is CCNC(=S)NC1CCc2cc(/C=C/C(c3cc(Cl)c(Cl)c(Cl)c3)C(F)(F)F)ccc21. The zero-order valence-corrected chi connectivity index (χ0v) is 19.6. The van der Waals surface area contributed by atoms with Crippen LogP contribution in [0.25, 0.3) is 6.08 Å². The predicted octanol–water partition coefficient (Wildman–Crippen LogP) is 7.48. The van der Waals surface area contributed by atoms with Gasteiger partial charge in [0.1, 0.15) is 0 Å². The summed E-state index contributed by atoms with van der Waals surface area (Å²) in [5.41, 5.74) is 2.83. The number of aryl methyl sites for hydroxylation is 1. The summed E-state index contributed by atoms with van der Waals surface area (Å²) in [7, 11) is 0. The van der Waals surface area contributed by atoms with Crippen LogP contribution in [0.2, 0.25) is 15.1 Å². The molecule has 0 aliphatic heterocycles. The molecule has 0 amide bonds. The molecule has 0 bridgehead atoms. The van der Waals surface area contributed by atoms with Crippen LogP contribution in [0.3, 0.4) is 0 Å². The normalized spacial score (nSPS) is 16.9. The molecular formula is C22H20Cl3F3N2S. The second kappa shape index (κ2) is 9.99. The molecule has 0 fully saturated rings. The number of fused-ring (bicyclic) bond motifs is 1. The van der Waals surface area contributed by atoms with Crippen LogP contribution in [-0.4, -0.2) is 17.8 Å². The molecule has 2 aromatic carbocycles. The first-order valence-corrected chi connectivity index (χ1v) is 11.2. The van der Waals surface area contributed by atoms with Crippen molar-refractivity contribution in [3.63, 3.8) is 0 Å². The highest BCUT2D eigenvalue weighted by Crippen LogP contribution is 2.41. The lowest BCUT2D eigenvalue weighted by Crippen LogP contribution is -2.36. The number of benzene rings is 2. The maximum absolute atomic E-state index is 13.7. The summed E-state index contributed by atoms with van der Waals surface area (Å²) in [6.07, 6.45) is -0.221. The third kappa shape index (κ3) is 5.86. The molecule has 0 heterocycles. The van der Waals surface area contributed by atoms with E-state index in [1.165, 1.54) is 18.2 Å². The minimum Gasteiger partial charge on any atom is -0.363 e. The Morgan fingerprint density at radius 3 is 2.48 bits per heavy atom. The van der Waals surface area contributed by atoms with E-state index >= 15 is 0 Å². The summed E-state index contributed by atoms with van der Waals surface area (Å²) in [5, 5.41) is 6.94. The van der Waals surface area contributed by atoms with Crippen LogP contribution in [0.5, 0.6) is 0 Å². The highest BCUT2D eigenvalue weighted by atomic mass is 35.5. The fourth-order valence-corrected chi connectivity index (χ4v) is 4.53. The Labute approximate surface area is 199 Å². The molecule has 0 saturated heterocycles. The number of alkyl halides is 3. The Kier molecular flexibility index (Phi) is 7.79. The van der Waals surface area contributed by atoms with Gasteiger partial charge in [0.25, 0.3) is 0 Å². The Morgan fingerprint density at radius 1 is 1.19 bits per heavy atom. The van der Waals surface area contributed by atoms with Gasteiger partial charge in [0, 0.05) is 6.54 Å². The van der Waals surface area contributed by atoms with Crippen LogP contribution in [0.15, 0.2) is 36.4 Å². The Balaban J connectivity index is 1.83. The van der Waals surface area contributed by atoms with E-state index in [4.69, 9.17) is 47.0 Å². The third-order valence-electron chi connectivity index (χ3n) is 5.09. The van der Waals surface area contributed by atoms with Gasteiger partial charge in [-0.05, 0) is 66.4 Å². The van der Waals surface area contributed by atoms with Crippen LogP contribution in [-0.2, 0) is 6.42 Å². The zero-order chi connectivity index (χ0) is 22.8. The number of nitrogens with one attached hydrogen (secondary N) is 2. The third-order valence-corrected chi connectivity index (χ3v) is 6.55. The van der Waals surface area contributed by atoms with E-state index in [1.807, 2.05) is 19.1 Å². The molecule has 31 heavy (non-hydrogen) atoms. The minimum absolute atomic E-state index is 0.0154. The molecule has 0 spiro atoms. The fourth-order valence-electron chi connectivity index (χ4n) is 3.63. The van der Waals surface area contributed by atoms with E-state index < -0.39 is 12.1 Å². The second-order valence-corrected chi connectivity index (χ2v) is 8.83. The standard InChI is InChI=1S/C22H20Cl3F3N2S/c1-2-29-21(31)30-19-8-5-13-9-12(3-6-15(13)19)4-7-16(22(26,27)28)14-10-17(23)20(25)18(24)11-14/h3-4,6-7,9-11,16,19H,2,5,8H2,1H3,(H2,29,30,31)/b7-4+. The largest absolute Gasteiger partial charge is 0.399 e. The van der Waals surface area contributed by atoms with Gasteiger partial charge in [-0.2, -0.15) is 13.2 Å². The monoisotopic (exact) mass is 506 g/mol. The van der Waals surface area contributed by atoms with Crippen LogP contribution < -0.4 is 10.6 Å². The number of allylic oxidation sites excluding steroid dienone is 1. The minimum atomic E-state index is -4.51. The molecule has 0 saturated carbocycles. The number of rotatable bonds is 5. The molecule has 1 aliphatic carbocycles. The molecule has 2 atom stereocenters. The van der Waals surface area contributed by atoms with Gasteiger partial charge in [-0.25, -0.2) is 0 Å². The van der Waals surface area contributed by atoms with Gasteiger partial charge >= 0.3 is 6.18 Å². The molecular weight excluding hydrogens is 488 g/mol. The van der Waals surface area contributed by atoms with Gasteiger partial charge in [0.2, 0.25) is 0 Å². The summed E-state index contributed by atoms with van der Waals surface area (Å²) in [6, 6.07) is 8.16. The van der Waals surface area contributed by atoms with Gasteiger partial charge in [-0.15, -0.1) is 0 Å². The maximum Gasteiger partial charge on any atom is 0.399 e. The smallest absolute Gasteiger partial charge is 0.363 e. The van der Waals surface area contributed by atoms with Gasteiger partial charge in [0.15, 0.2) is 5.11 Å². The molecule has 166 valence electrons. The van der Waals surface area contributed by atoms with Crippen molar-refractivity contribution in [3.8, 4) is 0 Å².